The van der Waals surface area contributed by atoms with Crippen LogP contribution in [0.3, 0.4) is 0 Å². The highest BCUT2D eigenvalue weighted by Gasteiger charge is 2.12. The summed E-state index contributed by atoms with van der Waals surface area (Å²) in [6, 6.07) is 8.14. The molecule has 4 heteroatoms. The number of aromatic hydroxyl groups is 1. The Morgan fingerprint density at radius 1 is 1.27 bits per heavy atom. The molecule has 0 saturated heterocycles. The fraction of sp³-hybridized carbons (Fsp3) is 0. The number of thiophene rings is 1. The summed E-state index contributed by atoms with van der Waals surface area (Å²) in [5, 5.41) is 20.0. The average molecular weight is 220 g/mol. The maximum absolute atomic E-state index is 10.9. The molecule has 2 N–H and O–H groups in total. The van der Waals surface area contributed by atoms with E-state index in [1.54, 1.807) is 35.7 Å². The molecule has 0 aliphatic carbocycles. The molecule has 0 radical (unpaired) electrons. The van der Waals surface area contributed by atoms with Crippen molar-refractivity contribution in [1.82, 2.24) is 0 Å². The largest absolute Gasteiger partial charge is 0.508 e. The van der Waals surface area contributed by atoms with Crippen molar-refractivity contribution in [3.63, 3.8) is 0 Å². The van der Waals surface area contributed by atoms with Gasteiger partial charge < -0.3 is 10.2 Å². The zero-order valence-electron chi connectivity index (χ0n) is 7.68. The minimum Gasteiger partial charge on any atom is -0.508 e. The van der Waals surface area contributed by atoms with Crippen molar-refractivity contribution in [2.75, 3.05) is 0 Å². The number of carbonyl (C=O) groups is 1. The van der Waals surface area contributed by atoms with Crippen molar-refractivity contribution >= 4 is 17.3 Å². The van der Waals surface area contributed by atoms with Crippen LogP contribution in [0, 0.1) is 0 Å². The quantitative estimate of drug-likeness (QED) is 0.818. The molecule has 1 aromatic carbocycles. The van der Waals surface area contributed by atoms with Crippen LogP contribution in [0.15, 0.2) is 35.7 Å². The first-order valence-corrected chi connectivity index (χ1v) is 5.16. The Labute approximate surface area is 90.2 Å². The van der Waals surface area contributed by atoms with Crippen LogP contribution in [0.5, 0.6) is 5.75 Å². The van der Waals surface area contributed by atoms with Crippen LogP contribution in [0.25, 0.3) is 10.4 Å². The van der Waals surface area contributed by atoms with Crippen molar-refractivity contribution in [2.24, 2.45) is 0 Å². The fourth-order valence-corrected chi connectivity index (χ4v) is 2.23. The predicted molar refractivity (Wildman–Crippen MR) is 58.4 cm³/mol. The third-order valence-corrected chi connectivity index (χ3v) is 2.97. The monoisotopic (exact) mass is 220 g/mol. The Morgan fingerprint density at radius 2 is 2.07 bits per heavy atom. The molecular weight excluding hydrogens is 212 g/mol. The summed E-state index contributed by atoms with van der Waals surface area (Å²) in [6.45, 7) is 0. The number of carboxylic acid groups (broad SMARTS) is 1. The lowest BCUT2D eigenvalue weighted by Crippen LogP contribution is -1.95. The number of hydrogen-bond donors (Lipinski definition) is 2. The number of hydrogen-bond acceptors (Lipinski definition) is 3. The van der Waals surface area contributed by atoms with Crippen LogP contribution in [-0.2, 0) is 0 Å². The topological polar surface area (TPSA) is 57.5 Å². The van der Waals surface area contributed by atoms with E-state index in [1.807, 2.05) is 0 Å². The van der Waals surface area contributed by atoms with Gasteiger partial charge in [0.15, 0.2) is 0 Å². The first-order valence-electron chi connectivity index (χ1n) is 4.28. The summed E-state index contributed by atoms with van der Waals surface area (Å²) in [7, 11) is 0. The molecule has 0 fully saturated rings. The average Bonchev–Trinajstić information content (AvgIpc) is 2.65. The van der Waals surface area contributed by atoms with Gasteiger partial charge in [-0.25, -0.2) is 4.79 Å². The molecule has 0 unspecified atom stereocenters. The van der Waals surface area contributed by atoms with Gasteiger partial charge in [0.25, 0.3) is 0 Å². The van der Waals surface area contributed by atoms with Crippen molar-refractivity contribution in [2.45, 2.75) is 0 Å². The van der Waals surface area contributed by atoms with Gasteiger partial charge in [0.1, 0.15) is 5.75 Å². The molecule has 76 valence electrons. The molecule has 0 aliphatic heterocycles. The number of aromatic carboxylic acids is 1. The van der Waals surface area contributed by atoms with E-state index in [2.05, 4.69) is 0 Å². The second-order valence-electron chi connectivity index (χ2n) is 3.02. The van der Waals surface area contributed by atoms with Gasteiger partial charge >= 0.3 is 5.97 Å². The first-order chi connectivity index (χ1) is 7.18. The molecule has 3 nitrogen and oxygen atoms in total. The number of benzene rings is 1. The molecule has 1 aromatic heterocycles. The van der Waals surface area contributed by atoms with E-state index in [-0.39, 0.29) is 11.3 Å². The molecule has 15 heavy (non-hydrogen) atoms. The van der Waals surface area contributed by atoms with Gasteiger partial charge in [0.2, 0.25) is 0 Å². The number of phenolic OH excluding ortho intramolecular Hbond substituents is 1. The van der Waals surface area contributed by atoms with E-state index in [1.165, 1.54) is 11.3 Å². The molecular formula is C11H8O3S. The summed E-state index contributed by atoms with van der Waals surface area (Å²) in [4.78, 5) is 11.6. The van der Waals surface area contributed by atoms with E-state index in [4.69, 9.17) is 5.11 Å². The van der Waals surface area contributed by atoms with Crippen molar-refractivity contribution < 1.29 is 15.0 Å². The Kier molecular flexibility index (Phi) is 2.43. The lowest BCUT2D eigenvalue weighted by atomic mass is 10.1. The standard InChI is InChI=1S/C11H8O3S/c12-8-3-1-2-7(6-8)10-9(11(13)14)4-5-15-10/h1-6,12H,(H,13,14). The molecule has 0 amide bonds. The minimum absolute atomic E-state index is 0.136. The van der Waals surface area contributed by atoms with Crippen LogP contribution in [-0.4, -0.2) is 16.2 Å². The first kappa shape index (κ1) is 9.73. The Bertz CT molecular complexity index is 502. The van der Waals surface area contributed by atoms with E-state index in [0.29, 0.717) is 4.88 Å². The third kappa shape index (κ3) is 1.85. The van der Waals surface area contributed by atoms with Crippen molar-refractivity contribution in [1.29, 1.82) is 0 Å². The highest BCUT2D eigenvalue weighted by Crippen LogP contribution is 2.31. The van der Waals surface area contributed by atoms with Gasteiger partial charge in [-0.05, 0) is 29.1 Å². The van der Waals surface area contributed by atoms with E-state index >= 15 is 0 Å². The number of phenols is 1. The van der Waals surface area contributed by atoms with Gasteiger partial charge in [0.05, 0.1) is 5.56 Å². The maximum atomic E-state index is 10.9. The van der Waals surface area contributed by atoms with Crippen molar-refractivity contribution in [3.05, 3.63) is 41.3 Å². The third-order valence-electron chi connectivity index (χ3n) is 2.00. The van der Waals surface area contributed by atoms with E-state index < -0.39 is 5.97 Å². The van der Waals surface area contributed by atoms with Crippen LogP contribution in [0.4, 0.5) is 0 Å². The Hall–Kier alpha value is -1.81. The highest BCUT2D eigenvalue weighted by atomic mass is 32.1. The zero-order valence-corrected chi connectivity index (χ0v) is 8.49. The Morgan fingerprint density at radius 3 is 2.73 bits per heavy atom. The molecule has 0 saturated carbocycles. The van der Waals surface area contributed by atoms with Crippen LogP contribution >= 0.6 is 11.3 Å². The summed E-state index contributed by atoms with van der Waals surface area (Å²) < 4.78 is 0. The summed E-state index contributed by atoms with van der Waals surface area (Å²) in [5.74, 6) is -0.813. The lowest BCUT2D eigenvalue weighted by Gasteiger charge is -2.00. The van der Waals surface area contributed by atoms with E-state index in [9.17, 15) is 9.90 Å². The van der Waals surface area contributed by atoms with Gasteiger partial charge in [-0.3, -0.25) is 0 Å². The highest BCUT2D eigenvalue weighted by molar-refractivity contribution is 7.14. The van der Waals surface area contributed by atoms with Crippen LogP contribution in [0.2, 0.25) is 0 Å². The summed E-state index contributed by atoms with van der Waals surface area (Å²) in [5.41, 5.74) is 0.994. The van der Waals surface area contributed by atoms with Gasteiger partial charge in [-0.1, -0.05) is 12.1 Å². The predicted octanol–water partition coefficient (Wildman–Crippen LogP) is 2.82. The molecule has 0 spiro atoms. The molecule has 0 atom stereocenters. The van der Waals surface area contributed by atoms with E-state index in [0.717, 1.165) is 5.56 Å². The molecule has 0 bridgehead atoms. The second-order valence-corrected chi connectivity index (χ2v) is 3.93. The zero-order chi connectivity index (χ0) is 10.8. The normalized spacial score (nSPS) is 10.1. The lowest BCUT2D eigenvalue weighted by molar-refractivity contribution is 0.0698. The van der Waals surface area contributed by atoms with Gasteiger partial charge in [-0.15, -0.1) is 11.3 Å². The molecule has 2 aromatic rings. The fourth-order valence-electron chi connectivity index (χ4n) is 1.35. The van der Waals surface area contributed by atoms with Crippen LogP contribution < -0.4 is 0 Å². The van der Waals surface area contributed by atoms with Gasteiger partial charge in [-0.2, -0.15) is 0 Å². The SMILES string of the molecule is O=C(O)c1ccsc1-c1cccc(O)c1. The second kappa shape index (κ2) is 3.74. The molecule has 1 heterocycles. The molecule has 0 aliphatic rings. The molecule has 2 rings (SSSR count). The van der Waals surface area contributed by atoms with Crippen molar-refractivity contribution in [3.8, 4) is 16.2 Å². The summed E-state index contributed by atoms with van der Waals surface area (Å²) >= 11 is 1.35. The maximum Gasteiger partial charge on any atom is 0.337 e. The number of carboxylic acids is 1. The van der Waals surface area contributed by atoms with Gasteiger partial charge in [0, 0.05) is 4.88 Å². The number of rotatable bonds is 2. The van der Waals surface area contributed by atoms with Crippen LogP contribution in [0.1, 0.15) is 10.4 Å². The Balaban J connectivity index is 2.54. The smallest absolute Gasteiger partial charge is 0.337 e. The minimum atomic E-state index is -0.949. The summed E-state index contributed by atoms with van der Waals surface area (Å²) in [6.07, 6.45) is 0.